The smallest absolute Gasteiger partial charge is 0.274 e. The number of sulfonamides is 1. The molecule has 0 bridgehead atoms. The van der Waals surface area contributed by atoms with Gasteiger partial charge < -0.3 is 4.90 Å². The zero-order valence-electron chi connectivity index (χ0n) is 14.0. The van der Waals surface area contributed by atoms with Crippen LogP contribution in [0.25, 0.3) is 0 Å². The van der Waals surface area contributed by atoms with Gasteiger partial charge in [0, 0.05) is 38.6 Å². The first-order chi connectivity index (χ1) is 12.0. The average molecular weight is 360 g/mol. The van der Waals surface area contributed by atoms with E-state index in [0.29, 0.717) is 26.1 Å². The molecule has 0 spiro atoms. The van der Waals surface area contributed by atoms with Gasteiger partial charge in [-0.1, -0.05) is 17.7 Å². The van der Waals surface area contributed by atoms with Crippen LogP contribution in [-0.2, 0) is 10.0 Å². The minimum absolute atomic E-state index is 0.220. The van der Waals surface area contributed by atoms with Gasteiger partial charge in [-0.15, -0.1) is 0 Å². The van der Waals surface area contributed by atoms with Crippen LogP contribution >= 0.6 is 0 Å². The summed E-state index contributed by atoms with van der Waals surface area (Å²) < 4.78 is 27.0. The Balaban J connectivity index is 1.73. The summed E-state index contributed by atoms with van der Waals surface area (Å²) in [6, 6.07) is 6.82. The number of amides is 1. The molecule has 0 saturated carbocycles. The number of carbonyl (C=O) groups is 1. The normalized spacial score (nSPS) is 16.4. The number of carbonyl (C=O) groups excluding carboxylic acids is 1. The van der Waals surface area contributed by atoms with Crippen LogP contribution in [0, 0.1) is 6.92 Å². The van der Waals surface area contributed by atoms with E-state index in [0.717, 1.165) is 5.56 Å². The highest BCUT2D eigenvalue weighted by molar-refractivity contribution is 7.89. The Kier molecular flexibility index (Phi) is 5.10. The van der Waals surface area contributed by atoms with E-state index in [2.05, 4.69) is 9.97 Å². The van der Waals surface area contributed by atoms with Gasteiger partial charge in [-0.05, 0) is 25.5 Å². The number of hydrogen-bond acceptors (Lipinski definition) is 5. The van der Waals surface area contributed by atoms with E-state index in [1.54, 1.807) is 29.2 Å². The van der Waals surface area contributed by atoms with Gasteiger partial charge in [-0.3, -0.25) is 9.78 Å². The molecule has 1 aliphatic rings. The summed E-state index contributed by atoms with van der Waals surface area (Å²) in [5, 5.41) is 0. The molecule has 0 radical (unpaired) electrons. The third-order valence-corrected chi connectivity index (χ3v) is 6.10. The molecule has 3 rings (SSSR count). The first-order valence-corrected chi connectivity index (χ1v) is 9.54. The van der Waals surface area contributed by atoms with Crippen molar-refractivity contribution in [1.29, 1.82) is 0 Å². The molecular weight excluding hydrogens is 340 g/mol. The topological polar surface area (TPSA) is 83.5 Å². The first-order valence-electron chi connectivity index (χ1n) is 8.10. The Morgan fingerprint density at radius 3 is 2.48 bits per heavy atom. The number of aryl methyl sites for hydroxylation is 1. The Morgan fingerprint density at radius 2 is 1.80 bits per heavy atom. The lowest BCUT2D eigenvalue weighted by Gasteiger charge is -2.21. The van der Waals surface area contributed by atoms with E-state index in [-0.39, 0.29) is 23.0 Å². The molecule has 1 saturated heterocycles. The summed E-state index contributed by atoms with van der Waals surface area (Å²) in [6.45, 7) is 3.40. The Bertz CT molecular complexity index is 838. The van der Waals surface area contributed by atoms with Gasteiger partial charge >= 0.3 is 0 Å². The van der Waals surface area contributed by atoms with Crippen LogP contribution in [0.4, 0.5) is 0 Å². The van der Waals surface area contributed by atoms with E-state index >= 15 is 0 Å². The minimum atomic E-state index is -3.55. The standard InChI is InChI=1S/C17H20N4O3S/c1-14-3-5-15(6-4-14)25(23,24)21-10-2-9-20(11-12-21)17(22)16-13-18-7-8-19-16/h3-8,13H,2,9-12H2,1H3. The second-order valence-corrected chi connectivity index (χ2v) is 7.89. The van der Waals surface area contributed by atoms with Crippen molar-refractivity contribution in [1.82, 2.24) is 19.2 Å². The zero-order chi connectivity index (χ0) is 17.9. The second kappa shape index (κ2) is 7.28. The van der Waals surface area contributed by atoms with Crippen LogP contribution in [0.3, 0.4) is 0 Å². The van der Waals surface area contributed by atoms with Crippen LogP contribution in [0.5, 0.6) is 0 Å². The summed E-state index contributed by atoms with van der Waals surface area (Å²) in [7, 11) is -3.55. The number of benzene rings is 1. The van der Waals surface area contributed by atoms with Gasteiger partial charge in [0.2, 0.25) is 10.0 Å². The SMILES string of the molecule is Cc1ccc(S(=O)(=O)N2CCCN(C(=O)c3cnccn3)CC2)cc1. The lowest BCUT2D eigenvalue weighted by molar-refractivity contribution is 0.0758. The molecule has 2 heterocycles. The average Bonchev–Trinajstić information content (AvgIpc) is 2.89. The second-order valence-electron chi connectivity index (χ2n) is 5.95. The van der Waals surface area contributed by atoms with Crippen LogP contribution in [0.15, 0.2) is 47.8 Å². The molecule has 1 aliphatic heterocycles. The fourth-order valence-corrected chi connectivity index (χ4v) is 4.24. The maximum absolute atomic E-state index is 12.8. The van der Waals surface area contributed by atoms with Crippen molar-refractivity contribution in [3.63, 3.8) is 0 Å². The molecular formula is C17H20N4O3S. The highest BCUT2D eigenvalue weighted by atomic mass is 32.2. The molecule has 1 aromatic heterocycles. The molecule has 0 aliphatic carbocycles. The van der Waals surface area contributed by atoms with Crippen molar-refractivity contribution in [2.24, 2.45) is 0 Å². The van der Waals surface area contributed by atoms with Crippen molar-refractivity contribution in [2.45, 2.75) is 18.2 Å². The van der Waals surface area contributed by atoms with Gasteiger partial charge in [0.15, 0.2) is 0 Å². The van der Waals surface area contributed by atoms with E-state index in [1.807, 2.05) is 6.92 Å². The number of aromatic nitrogens is 2. The molecule has 0 unspecified atom stereocenters. The summed E-state index contributed by atoms with van der Waals surface area (Å²) in [5.41, 5.74) is 1.29. The first kappa shape index (κ1) is 17.5. The lowest BCUT2D eigenvalue weighted by atomic mass is 10.2. The zero-order valence-corrected chi connectivity index (χ0v) is 14.8. The molecule has 1 aromatic carbocycles. The van der Waals surface area contributed by atoms with E-state index in [9.17, 15) is 13.2 Å². The molecule has 0 N–H and O–H groups in total. The Labute approximate surface area is 147 Å². The van der Waals surface area contributed by atoms with Crippen molar-refractivity contribution in [2.75, 3.05) is 26.2 Å². The van der Waals surface area contributed by atoms with E-state index in [1.165, 1.54) is 22.9 Å². The van der Waals surface area contributed by atoms with Crippen molar-refractivity contribution in [3.05, 3.63) is 54.1 Å². The highest BCUT2D eigenvalue weighted by Crippen LogP contribution is 2.18. The van der Waals surface area contributed by atoms with Crippen molar-refractivity contribution < 1.29 is 13.2 Å². The quantitative estimate of drug-likeness (QED) is 0.824. The summed E-state index contributed by atoms with van der Waals surface area (Å²) in [5.74, 6) is -0.220. The van der Waals surface area contributed by atoms with E-state index in [4.69, 9.17) is 0 Å². The number of hydrogen-bond donors (Lipinski definition) is 0. The summed E-state index contributed by atoms with van der Waals surface area (Å²) >= 11 is 0. The largest absolute Gasteiger partial charge is 0.336 e. The molecule has 7 nitrogen and oxygen atoms in total. The van der Waals surface area contributed by atoms with Gasteiger partial charge in [-0.2, -0.15) is 4.31 Å². The summed E-state index contributed by atoms with van der Waals surface area (Å²) in [6.07, 6.45) is 4.99. The monoisotopic (exact) mass is 360 g/mol. The maximum atomic E-state index is 12.8. The van der Waals surface area contributed by atoms with Gasteiger partial charge in [-0.25, -0.2) is 13.4 Å². The molecule has 0 atom stereocenters. The predicted octanol–water partition coefficient (Wildman–Crippen LogP) is 1.32. The van der Waals surface area contributed by atoms with Crippen LogP contribution in [0.1, 0.15) is 22.5 Å². The van der Waals surface area contributed by atoms with Crippen LogP contribution in [0.2, 0.25) is 0 Å². The van der Waals surface area contributed by atoms with E-state index < -0.39 is 10.0 Å². The van der Waals surface area contributed by atoms with Gasteiger partial charge in [0.25, 0.3) is 5.91 Å². The minimum Gasteiger partial charge on any atom is -0.336 e. The van der Waals surface area contributed by atoms with Gasteiger partial charge in [0.1, 0.15) is 5.69 Å². The third-order valence-electron chi connectivity index (χ3n) is 4.18. The van der Waals surface area contributed by atoms with Crippen LogP contribution in [-0.4, -0.2) is 59.7 Å². The predicted molar refractivity (Wildman–Crippen MR) is 92.5 cm³/mol. The fourth-order valence-electron chi connectivity index (χ4n) is 2.77. The Hall–Kier alpha value is -2.32. The molecule has 25 heavy (non-hydrogen) atoms. The lowest BCUT2D eigenvalue weighted by Crippen LogP contribution is -2.37. The molecule has 132 valence electrons. The van der Waals surface area contributed by atoms with Crippen molar-refractivity contribution in [3.8, 4) is 0 Å². The molecule has 1 fully saturated rings. The highest BCUT2D eigenvalue weighted by Gasteiger charge is 2.28. The number of nitrogens with zero attached hydrogens (tertiary/aromatic N) is 4. The number of rotatable bonds is 3. The molecule has 1 amide bonds. The molecule has 8 heteroatoms. The summed E-state index contributed by atoms with van der Waals surface area (Å²) in [4.78, 5) is 22.3. The Morgan fingerprint density at radius 1 is 1.04 bits per heavy atom. The van der Waals surface area contributed by atoms with Crippen molar-refractivity contribution >= 4 is 15.9 Å². The molecule has 2 aromatic rings. The third kappa shape index (κ3) is 3.85. The van der Waals surface area contributed by atoms with Crippen LogP contribution < -0.4 is 0 Å². The fraction of sp³-hybridized carbons (Fsp3) is 0.353. The van der Waals surface area contributed by atoms with Gasteiger partial charge in [0.05, 0.1) is 11.1 Å². The maximum Gasteiger partial charge on any atom is 0.274 e.